The van der Waals surface area contributed by atoms with Gasteiger partial charge in [-0.3, -0.25) is 4.79 Å². The third-order valence-corrected chi connectivity index (χ3v) is 2.87. The van der Waals surface area contributed by atoms with Gasteiger partial charge in [-0.15, -0.1) is 0 Å². The van der Waals surface area contributed by atoms with Crippen molar-refractivity contribution in [1.82, 2.24) is 15.6 Å². The normalized spacial score (nSPS) is 12.1. The summed E-state index contributed by atoms with van der Waals surface area (Å²) >= 11 is 0. The molecule has 0 saturated carbocycles. The van der Waals surface area contributed by atoms with Crippen molar-refractivity contribution in [2.75, 3.05) is 0 Å². The summed E-state index contributed by atoms with van der Waals surface area (Å²) in [6.07, 6.45) is 0.625. The first-order valence-electron chi connectivity index (χ1n) is 5.90. The molecule has 1 atom stereocenters. The van der Waals surface area contributed by atoms with Crippen LogP contribution < -0.4 is 10.6 Å². The monoisotopic (exact) mass is 261 g/mol. The highest BCUT2D eigenvalue weighted by Gasteiger charge is 2.14. The fraction of sp³-hybridized carbons (Fsp3) is 0.231. The molecule has 2 amide bonds. The van der Waals surface area contributed by atoms with Crippen LogP contribution in [0, 0.1) is 0 Å². The number of aromatic amines is 1. The molecule has 0 aliphatic heterocycles. The Morgan fingerprint density at radius 3 is 2.89 bits per heavy atom. The van der Waals surface area contributed by atoms with Gasteiger partial charge < -0.3 is 20.7 Å². The molecule has 0 saturated heterocycles. The lowest BCUT2D eigenvalue weighted by Gasteiger charge is -2.12. The molecule has 6 nitrogen and oxygen atoms in total. The number of H-pyrrole nitrogens is 1. The second kappa shape index (κ2) is 5.43. The van der Waals surface area contributed by atoms with Crippen LogP contribution in [-0.2, 0) is 11.3 Å². The lowest BCUT2D eigenvalue weighted by Crippen LogP contribution is -2.44. The van der Waals surface area contributed by atoms with Crippen LogP contribution >= 0.6 is 0 Å². The Labute approximate surface area is 109 Å². The van der Waals surface area contributed by atoms with Crippen molar-refractivity contribution in [2.24, 2.45) is 0 Å². The summed E-state index contributed by atoms with van der Waals surface area (Å²) < 4.78 is 0. The first-order chi connectivity index (χ1) is 9.08. The zero-order valence-corrected chi connectivity index (χ0v) is 10.4. The number of hydrogen-bond acceptors (Lipinski definition) is 2. The van der Waals surface area contributed by atoms with Crippen molar-refractivity contribution >= 4 is 22.9 Å². The number of amides is 2. The minimum absolute atomic E-state index is 0.352. The predicted octanol–water partition coefficient (Wildman–Crippen LogP) is 1.44. The lowest BCUT2D eigenvalue weighted by molar-refractivity contribution is -0.122. The van der Waals surface area contributed by atoms with Crippen molar-refractivity contribution in [3.05, 3.63) is 36.0 Å². The molecule has 1 aromatic carbocycles. The fourth-order valence-electron chi connectivity index (χ4n) is 1.89. The average Bonchev–Trinajstić information content (AvgIpc) is 2.83. The predicted molar refractivity (Wildman–Crippen MR) is 70.8 cm³/mol. The molecule has 0 spiro atoms. The first kappa shape index (κ1) is 12.9. The Morgan fingerprint density at radius 2 is 2.16 bits per heavy atom. The van der Waals surface area contributed by atoms with Crippen LogP contribution in [-0.4, -0.2) is 28.1 Å². The van der Waals surface area contributed by atoms with Gasteiger partial charge in [0.15, 0.2) is 0 Å². The number of carbonyl (C=O) groups is 2. The van der Waals surface area contributed by atoms with Crippen LogP contribution in [0.4, 0.5) is 4.79 Å². The number of benzene rings is 1. The molecule has 1 aromatic heterocycles. The van der Waals surface area contributed by atoms with E-state index in [0.29, 0.717) is 6.54 Å². The second-order valence-electron chi connectivity index (χ2n) is 4.25. The summed E-state index contributed by atoms with van der Waals surface area (Å²) in [5, 5.41) is 14.4. The molecule has 2 rings (SSSR count). The zero-order chi connectivity index (χ0) is 13.8. The van der Waals surface area contributed by atoms with E-state index >= 15 is 0 Å². The summed E-state index contributed by atoms with van der Waals surface area (Å²) in [5.41, 5.74) is 1.98. The SMILES string of the molecule is C[C@H](NC(=O)O)C(=O)NCc1cccc2[nH]ccc12. The molecule has 0 radical (unpaired) electrons. The van der Waals surface area contributed by atoms with Gasteiger partial charge >= 0.3 is 6.09 Å². The second-order valence-corrected chi connectivity index (χ2v) is 4.25. The first-order valence-corrected chi connectivity index (χ1v) is 5.90. The molecule has 0 aliphatic carbocycles. The van der Waals surface area contributed by atoms with E-state index in [0.717, 1.165) is 16.5 Å². The van der Waals surface area contributed by atoms with Crippen LogP contribution in [0.1, 0.15) is 12.5 Å². The van der Waals surface area contributed by atoms with Crippen LogP contribution in [0.15, 0.2) is 30.5 Å². The van der Waals surface area contributed by atoms with Gasteiger partial charge in [-0.25, -0.2) is 4.79 Å². The average molecular weight is 261 g/mol. The third-order valence-electron chi connectivity index (χ3n) is 2.87. The molecule has 1 heterocycles. The van der Waals surface area contributed by atoms with Crippen molar-refractivity contribution in [2.45, 2.75) is 19.5 Å². The Kier molecular flexibility index (Phi) is 3.70. The largest absolute Gasteiger partial charge is 0.465 e. The smallest absolute Gasteiger partial charge is 0.405 e. The highest BCUT2D eigenvalue weighted by Crippen LogP contribution is 2.16. The number of fused-ring (bicyclic) bond motifs is 1. The molecule has 6 heteroatoms. The van der Waals surface area contributed by atoms with E-state index in [1.54, 1.807) is 0 Å². The van der Waals surface area contributed by atoms with E-state index in [1.807, 2.05) is 30.5 Å². The number of hydrogen-bond donors (Lipinski definition) is 4. The number of carboxylic acid groups (broad SMARTS) is 1. The quantitative estimate of drug-likeness (QED) is 0.670. The summed E-state index contributed by atoms with van der Waals surface area (Å²) in [7, 11) is 0. The van der Waals surface area contributed by atoms with Crippen molar-refractivity contribution < 1.29 is 14.7 Å². The Bertz CT molecular complexity index is 606. The minimum Gasteiger partial charge on any atom is -0.465 e. The van der Waals surface area contributed by atoms with Crippen LogP contribution in [0.5, 0.6) is 0 Å². The van der Waals surface area contributed by atoms with Crippen LogP contribution in [0.3, 0.4) is 0 Å². The van der Waals surface area contributed by atoms with Gasteiger partial charge in [0, 0.05) is 23.6 Å². The summed E-state index contributed by atoms with van der Waals surface area (Å²) in [6, 6.07) is 6.94. The Hall–Kier alpha value is -2.50. The standard InChI is InChI=1S/C13H15N3O3/c1-8(16-13(18)19)12(17)15-7-9-3-2-4-11-10(9)5-6-14-11/h2-6,8,14,16H,7H2,1H3,(H,15,17)(H,18,19)/t8-/m0/s1. The molecule has 100 valence electrons. The van der Waals surface area contributed by atoms with E-state index in [-0.39, 0.29) is 5.91 Å². The van der Waals surface area contributed by atoms with E-state index in [1.165, 1.54) is 6.92 Å². The molecular weight excluding hydrogens is 246 g/mol. The topological polar surface area (TPSA) is 94.2 Å². The fourth-order valence-corrected chi connectivity index (χ4v) is 1.89. The minimum atomic E-state index is -1.21. The Balaban J connectivity index is 2.00. The van der Waals surface area contributed by atoms with Gasteiger partial charge in [0.1, 0.15) is 6.04 Å². The number of aromatic nitrogens is 1. The molecular formula is C13H15N3O3. The number of rotatable bonds is 4. The van der Waals surface area contributed by atoms with E-state index in [2.05, 4.69) is 15.6 Å². The summed E-state index contributed by atoms with van der Waals surface area (Å²) in [4.78, 5) is 25.2. The van der Waals surface area contributed by atoms with Gasteiger partial charge in [0.05, 0.1) is 0 Å². The number of nitrogens with one attached hydrogen (secondary N) is 3. The van der Waals surface area contributed by atoms with E-state index < -0.39 is 12.1 Å². The van der Waals surface area contributed by atoms with Crippen molar-refractivity contribution in [3.8, 4) is 0 Å². The van der Waals surface area contributed by atoms with Gasteiger partial charge in [0.25, 0.3) is 0 Å². The van der Waals surface area contributed by atoms with Gasteiger partial charge in [0.2, 0.25) is 5.91 Å². The summed E-state index contributed by atoms with van der Waals surface area (Å²) in [6.45, 7) is 1.86. The molecule has 0 unspecified atom stereocenters. The van der Waals surface area contributed by atoms with E-state index in [9.17, 15) is 9.59 Å². The molecule has 19 heavy (non-hydrogen) atoms. The van der Waals surface area contributed by atoms with Crippen molar-refractivity contribution in [3.63, 3.8) is 0 Å². The molecule has 4 N–H and O–H groups in total. The maximum Gasteiger partial charge on any atom is 0.405 e. The van der Waals surface area contributed by atoms with Gasteiger partial charge in [-0.2, -0.15) is 0 Å². The van der Waals surface area contributed by atoms with Crippen molar-refractivity contribution in [1.29, 1.82) is 0 Å². The molecule has 0 bridgehead atoms. The zero-order valence-electron chi connectivity index (χ0n) is 10.4. The highest BCUT2D eigenvalue weighted by atomic mass is 16.4. The van der Waals surface area contributed by atoms with Gasteiger partial charge in [-0.1, -0.05) is 12.1 Å². The summed E-state index contributed by atoms with van der Waals surface area (Å²) in [5.74, 6) is -0.352. The van der Waals surface area contributed by atoms with Crippen LogP contribution in [0.2, 0.25) is 0 Å². The van der Waals surface area contributed by atoms with Crippen LogP contribution in [0.25, 0.3) is 10.9 Å². The van der Waals surface area contributed by atoms with E-state index in [4.69, 9.17) is 5.11 Å². The molecule has 0 aliphatic rings. The lowest BCUT2D eigenvalue weighted by atomic mass is 10.1. The highest BCUT2D eigenvalue weighted by molar-refractivity contribution is 5.86. The number of carbonyl (C=O) groups excluding carboxylic acids is 1. The van der Waals surface area contributed by atoms with Gasteiger partial charge in [-0.05, 0) is 24.6 Å². The molecule has 0 fully saturated rings. The maximum absolute atomic E-state index is 11.7. The molecule has 2 aromatic rings. The third kappa shape index (κ3) is 3.04. The maximum atomic E-state index is 11.7. The Morgan fingerprint density at radius 1 is 1.37 bits per heavy atom.